The largest absolute Gasteiger partial charge is 0.348 e. The molecular formula is C20H19N3O2. The molecule has 1 atom stereocenters. The molecule has 1 amide bonds. The van der Waals surface area contributed by atoms with Gasteiger partial charge < -0.3 is 5.32 Å². The van der Waals surface area contributed by atoms with Crippen LogP contribution in [0.3, 0.4) is 0 Å². The minimum atomic E-state index is -0.253. The lowest BCUT2D eigenvalue weighted by molar-refractivity contribution is -0.122. The molecule has 0 aliphatic carbocycles. The van der Waals surface area contributed by atoms with Gasteiger partial charge in [0.25, 0.3) is 5.56 Å². The first kappa shape index (κ1) is 16.6. The first-order valence-corrected chi connectivity index (χ1v) is 8.10. The molecule has 0 fully saturated rings. The number of benzene rings is 2. The zero-order valence-electron chi connectivity index (χ0n) is 13.9. The third-order valence-electron chi connectivity index (χ3n) is 3.94. The molecule has 1 N–H and O–H groups in total. The van der Waals surface area contributed by atoms with Crippen LogP contribution in [0.25, 0.3) is 11.3 Å². The van der Waals surface area contributed by atoms with Crippen molar-refractivity contribution in [2.24, 2.45) is 0 Å². The molecule has 0 saturated carbocycles. The second kappa shape index (κ2) is 7.57. The van der Waals surface area contributed by atoms with Crippen molar-refractivity contribution >= 4 is 5.91 Å². The van der Waals surface area contributed by atoms with E-state index >= 15 is 0 Å². The lowest BCUT2D eigenvalue weighted by atomic mass is 10.1. The van der Waals surface area contributed by atoms with Crippen LogP contribution in [-0.4, -0.2) is 15.5 Å². The quantitative estimate of drug-likeness (QED) is 0.781. The first-order chi connectivity index (χ1) is 12.1. The van der Waals surface area contributed by atoms with Crippen LogP contribution in [0.4, 0.5) is 0 Å². The Morgan fingerprint density at radius 3 is 2.36 bits per heavy atom. The fraction of sp³-hybridized carbons (Fsp3) is 0.150. The van der Waals surface area contributed by atoms with Crippen molar-refractivity contribution in [2.45, 2.75) is 19.5 Å². The highest BCUT2D eigenvalue weighted by atomic mass is 16.2. The lowest BCUT2D eigenvalue weighted by Gasteiger charge is -2.14. The van der Waals surface area contributed by atoms with Crippen molar-refractivity contribution in [1.29, 1.82) is 0 Å². The molecule has 0 saturated heterocycles. The molecule has 0 unspecified atom stereocenters. The number of amides is 1. The molecule has 3 rings (SSSR count). The van der Waals surface area contributed by atoms with Crippen LogP contribution in [0.15, 0.2) is 77.9 Å². The molecule has 0 aliphatic rings. The molecular weight excluding hydrogens is 314 g/mol. The molecule has 1 aromatic heterocycles. The molecule has 3 aromatic rings. The van der Waals surface area contributed by atoms with Gasteiger partial charge >= 0.3 is 0 Å². The Balaban J connectivity index is 1.69. The van der Waals surface area contributed by atoms with Gasteiger partial charge in [0.2, 0.25) is 5.91 Å². The van der Waals surface area contributed by atoms with Gasteiger partial charge in [0, 0.05) is 11.6 Å². The maximum absolute atomic E-state index is 12.2. The third-order valence-corrected chi connectivity index (χ3v) is 3.94. The summed E-state index contributed by atoms with van der Waals surface area (Å²) in [5, 5.41) is 2.89. The van der Waals surface area contributed by atoms with Crippen molar-refractivity contribution in [3.05, 3.63) is 89.0 Å². The molecule has 5 nitrogen and oxygen atoms in total. The van der Waals surface area contributed by atoms with E-state index in [0.29, 0.717) is 5.69 Å². The van der Waals surface area contributed by atoms with Gasteiger partial charge in [-0.2, -0.15) is 0 Å². The Bertz CT molecular complexity index is 905. The zero-order valence-corrected chi connectivity index (χ0v) is 13.9. The Hall–Kier alpha value is -3.21. The van der Waals surface area contributed by atoms with Gasteiger partial charge in [0.05, 0.1) is 18.1 Å². The van der Waals surface area contributed by atoms with E-state index in [1.165, 1.54) is 17.0 Å². The van der Waals surface area contributed by atoms with E-state index in [-0.39, 0.29) is 24.1 Å². The highest BCUT2D eigenvalue weighted by molar-refractivity contribution is 5.76. The van der Waals surface area contributed by atoms with Gasteiger partial charge in [-0.3, -0.25) is 14.2 Å². The zero-order chi connectivity index (χ0) is 17.6. The van der Waals surface area contributed by atoms with Gasteiger partial charge in [-0.15, -0.1) is 0 Å². The number of nitrogens with zero attached hydrogens (tertiary/aromatic N) is 2. The number of hydrogen-bond acceptors (Lipinski definition) is 3. The Kier molecular flexibility index (Phi) is 5.04. The predicted molar refractivity (Wildman–Crippen MR) is 96.9 cm³/mol. The molecule has 2 aromatic carbocycles. The number of rotatable bonds is 5. The summed E-state index contributed by atoms with van der Waals surface area (Å²) in [5.74, 6) is -0.229. The molecule has 25 heavy (non-hydrogen) atoms. The summed E-state index contributed by atoms with van der Waals surface area (Å²) in [6, 6.07) is 20.5. The van der Waals surface area contributed by atoms with Crippen LogP contribution in [0.2, 0.25) is 0 Å². The fourth-order valence-electron chi connectivity index (χ4n) is 2.58. The standard InChI is InChI=1S/C20H19N3O2/c1-15(16-8-4-2-5-9-16)22-19(24)13-23-14-21-18(12-20(23)25)17-10-6-3-7-11-17/h2-12,14-15H,13H2,1H3,(H,22,24)/t15-/m1/s1. The number of hydrogen-bond donors (Lipinski definition) is 1. The van der Waals surface area contributed by atoms with Crippen molar-refractivity contribution in [1.82, 2.24) is 14.9 Å². The molecule has 126 valence electrons. The summed E-state index contributed by atoms with van der Waals surface area (Å²) in [7, 11) is 0. The van der Waals surface area contributed by atoms with Crippen LogP contribution in [0, 0.1) is 0 Å². The summed E-state index contributed by atoms with van der Waals surface area (Å²) in [6.07, 6.45) is 1.41. The van der Waals surface area contributed by atoms with Crippen LogP contribution >= 0.6 is 0 Å². The third kappa shape index (κ3) is 4.20. The van der Waals surface area contributed by atoms with Gasteiger partial charge in [-0.25, -0.2) is 4.98 Å². The second-order valence-corrected chi connectivity index (χ2v) is 5.81. The minimum Gasteiger partial charge on any atom is -0.348 e. The number of carbonyl (C=O) groups is 1. The number of nitrogens with one attached hydrogen (secondary N) is 1. The van der Waals surface area contributed by atoms with Crippen molar-refractivity contribution in [2.75, 3.05) is 0 Å². The van der Waals surface area contributed by atoms with E-state index in [2.05, 4.69) is 10.3 Å². The van der Waals surface area contributed by atoms with E-state index in [1.54, 1.807) is 0 Å². The minimum absolute atomic E-state index is 0.0575. The monoisotopic (exact) mass is 333 g/mol. The van der Waals surface area contributed by atoms with Gasteiger partial charge in [-0.05, 0) is 12.5 Å². The van der Waals surface area contributed by atoms with Crippen molar-refractivity contribution in [3.63, 3.8) is 0 Å². The van der Waals surface area contributed by atoms with Crippen LogP contribution in [-0.2, 0) is 11.3 Å². The van der Waals surface area contributed by atoms with Crippen LogP contribution in [0.5, 0.6) is 0 Å². The lowest BCUT2D eigenvalue weighted by Crippen LogP contribution is -2.33. The molecule has 1 heterocycles. The van der Waals surface area contributed by atoms with Gasteiger partial charge in [0.1, 0.15) is 6.54 Å². The van der Waals surface area contributed by atoms with Crippen LogP contribution < -0.4 is 10.9 Å². The van der Waals surface area contributed by atoms with Gasteiger partial charge in [-0.1, -0.05) is 60.7 Å². The number of aromatic nitrogens is 2. The molecule has 5 heteroatoms. The summed E-state index contributed by atoms with van der Waals surface area (Å²) >= 11 is 0. The van der Waals surface area contributed by atoms with E-state index in [1.807, 2.05) is 67.6 Å². The molecule has 0 aliphatic heterocycles. The summed E-state index contributed by atoms with van der Waals surface area (Å²) in [4.78, 5) is 28.7. The van der Waals surface area contributed by atoms with Crippen molar-refractivity contribution in [3.8, 4) is 11.3 Å². The fourth-order valence-corrected chi connectivity index (χ4v) is 2.58. The predicted octanol–water partition coefficient (Wildman–Crippen LogP) is 2.79. The molecule has 0 spiro atoms. The molecule has 0 bridgehead atoms. The average molecular weight is 333 g/mol. The topological polar surface area (TPSA) is 64.0 Å². The smallest absolute Gasteiger partial charge is 0.254 e. The van der Waals surface area contributed by atoms with E-state index in [4.69, 9.17) is 0 Å². The van der Waals surface area contributed by atoms with Gasteiger partial charge in [0.15, 0.2) is 0 Å². The maximum atomic E-state index is 12.2. The van der Waals surface area contributed by atoms with E-state index < -0.39 is 0 Å². The number of carbonyl (C=O) groups excluding carboxylic acids is 1. The molecule has 0 radical (unpaired) electrons. The first-order valence-electron chi connectivity index (χ1n) is 8.10. The Morgan fingerprint density at radius 1 is 1.08 bits per heavy atom. The highest BCUT2D eigenvalue weighted by Crippen LogP contribution is 2.13. The van der Waals surface area contributed by atoms with E-state index in [0.717, 1.165) is 11.1 Å². The normalized spacial score (nSPS) is 11.7. The summed E-state index contributed by atoms with van der Waals surface area (Å²) < 4.78 is 1.31. The van der Waals surface area contributed by atoms with E-state index in [9.17, 15) is 9.59 Å². The SMILES string of the molecule is C[C@@H](NC(=O)Cn1cnc(-c2ccccc2)cc1=O)c1ccccc1. The second-order valence-electron chi connectivity index (χ2n) is 5.81. The Morgan fingerprint density at radius 2 is 1.72 bits per heavy atom. The van der Waals surface area contributed by atoms with Crippen LogP contribution in [0.1, 0.15) is 18.5 Å². The summed E-state index contributed by atoms with van der Waals surface area (Å²) in [5.41, 5.74) is 2.23. The average Bonchev–Trinajstić information content (AvgIpc) is 2.65. The highest BCUT2D eigenvalue weighted by Gasteiger charge is 2.11. The Labute approximate surface area is 146 Å². The summed E-state index contributed by atoms with van der Waals surface area (Å²) in [6.45, 7) is 1.85. The van der Waals surface area contributed by atoms with Crippen molar-refractivity contribution < 1.29 is 4.79 Å². The maximum Gasteiger partial charge on any atom is 0.254 e.